The van der Waals surface area contributed by atoms with Gasteiger partial charge in [-0.2, -0.15) is 0 Å². The first-order chi connectivity index (χ1) is 13.4. The van der Waals surface area contributed by atoms with Crippen molar-refractivity contribution in [1.29, 1.82) is 0 Å². The number of benzene rings is 1. The Morgan fingerprint density at radius 2 is 2.07 bits per heavy atom. The van der Waals surface area contributed by atoms with E-state index in [0.29, 0.717) is 11.7 Å². The van der Waals surface area contributed by atoms with Crippen molar-refractivity contribution in [2.24, 2.45) is 7.05 Å². The number of thioether (sulfide) groups is 1. The molecule has 146 valence electrons. The van der Waals surface area contributed by atoms with E-state index in [1.54, 1.807) is 23.0 Å². The summed E-state index contributed by atoms with van der Waals surface area (Å²) in [7, 11) is 1.74. The van der Waals surface area contributed by atoms with Gasteiger partial charge in [-0.1, -0.05) is 41.6 Å². The maximum Gasteiger partial charge on any atom is 0.262 e. The molecule has 0 radical (unpaired) electrons. The number of aromatic nitrogens is 2. The molecule has 28 heavy (non-hydrogen) atoms. The van der Waals surface area contributed by atoms with Gasteiger partial charge in [-0.25, -0.2) is 4.98 Å². The lowest BCUT2D eigenvalue weighted by atomic mass is 10.1. The van der Waals surface area contributed by atoms with E-state index < -0.39 is 0 Å². The number of nitrogens with zero attached hydrogens (tertiary/aromatic N) is 2. The van der Waals surface area contributed by atoms with Crippen molar-refractivity contribution in [2.45, 2.75) is 50.1 Å². The van der Waals surface area contributed by atoms with Gasteiger partial charge in [-0.05, 0) is 44.2 Å². The van der Waals surface area contributed by atoms with Gasteiger partial charge in [0.1, 0.15) is 4.83 Å². The Bertz CT molecular complexity index is 1100. The minimum absolute atomic E-state index is 0.000774. The summed E-state index contributed by atoms with van der Waals surface area (Å²) in [6.45, 7) is 4.38. The van der Waals surface area contributed by atoms with E-state index in [1.165, 1.54) is 27.8 Å². The van der Waals surface area contributed by atoms with Gasteiger partial charge in [-0.15, -0.1) is 11.3 Å². The lowest BCUT2D eigenvalue weighted by Crippen LogP contribution is -2.31. The minimum Gasteiger partial charge on any atom is -0.351 e. The van der Waals surface area contributed by atoms with Gasteiger partial charge in [0.25, 0.3) is 5.56 Å². The van der Waals surface area contributed by atoms with Crippen molar-refractivity contribution in [3.8, 4) is 0 Å². The molecule has 1 atom stereocenters. The van der Waals surface area contributed by atoms with E-state index in [0.717, 1.165) is 35.0 Å². The van der Waals surface area contributed by atoms with Crippen molar-refractivity contribution >= 4 is 39.2 Å². The topological polar surface area (TPSA) is 64.0 Å². The average Bonchev–Trinajstić information content (AvgIpc) is 3.25. The first-order valence-electron chi connectivity index (χ1n) is 9.45. The van der Waals surface area contributed by atoms with E-state index in [4.69, 9.17) is 4.98 Å². The summed E-state index contributed by atoms with van der Waals surface area (Å²) in [4.78, 5) is 32.2. The zero-order valence-corrected chi connectivity index (χ0v) is 17.9. The smallest absolute Gasteiger partial charge is 0.262 e. The SMILES string of the molecule is Cc1ccc(CNC(=O)[C@@H](C)Sc2nc3sc4c(c3c(=O)n2C)CCC4)cc1. The summed E-state index contributed by atoms with van der Waals surface area (Å²) in [6, 6.07) is 8.10. The molecule has 1 amide bonds. The van der Waals surface area contributed by atoms with Gasteiger partial charge in [0.2, 0.25) is 5.91 Å². The van der Waals surface area contributed by atoms with E-state index in [9.17, 15) is 9.59 Å². The molecule has 1 N–H and O–H groups in total. The number of nitrogens with one attached hydrogen (secondary N) is 1. The fourth-order valence-corrected chi connectivity index (χ4v) is 5.66. The van der Waals surface area contributed by atoms with E-state index in [2.05, 4.69) is 5.32 Å². The molecule has 0 saturated heterocycles. The largest absolute Gasteiger partial charge is 0.351 e. The van der Waals surface area contributed by atoms with Crippen LogP contribution in [0.15, 0.2) is 34.2 Å². The second-order valence-corrected chi connectivity index (χ2v) is 9.65. The van der Waals surface area contributed by atoms with Gasteiger partial charge < -0.3 is 5.32 Å². The monoisotopic (exact) mass is 413 g/mol. The van der Waals surface area contributed by atoms with Gasteiger partial charge in [0.05, 0.1) is 10.6 Å². The summed E-state index contributed by atoms with van der Waals surface area (Å²) in [5.74, 6) is -0.0615. The number of hydrogen-bond acceptors (Lipinski definition) is 5. The number of hydrogen-bond donors (Lipinski definition) is 1. The Hall–Kier alpha value is -2.12. The van der Waals surface area contributed by atoms with E-state index in [-0.39, 0.29) is 16.7 Å². The summed E-state index contributed by atoms with van der Waals surface area (Å²) < 4.78 is 1.59. The normalized spacial score (nSPS) is 14.2. The average molecular weight is 414 g/mol. The predicted octanol–water partition coefficient (Wildman–Crippen LogP) is 3.59. The molecule has 0 unspecified atom stereocenters. The van der Waals surface area contributed by atoms with Crippen LogP contribution in [0.2, 0.25) is 0 Å². The summed E-state index contributed by atoms with van der Waals surface area (Å²) in [5.41, 5.74) is 3.45. The highest BCUT2D eigenvalue weighted by Gasteiger charge is 2.24. The number of carbonyl (C=O) groups excluding carboxylic acids is 1. The van der Waals surface area contributed by atoms with Crippen LogP contribution in [0.1, 0.15) is 34.9 Å². The van der Waals surface area contributed by atoms with Gasteiger partial charge >= 0.3 is 0 Å². The van der Waals surface area contributed by atoms with Crippen LogP contribution in [-0.2, 0) is 31.2 Å². The molecule has 1 aliphatic rings. The highest BCUT2D eigenvalue weighted by Crippen LogP contribution is 2.35. The van der Waals surface area contributed by atoms with E-state index >= 15 is 0 Å². The zero-order chi connectivity index (χ0) is 19.8. The molecule has 0 spiro atoms. The minimum atomic E-state index is -0.340. The number of fused-ring (bicyclic) bond motifs is 3. The lowest BCUT2D eigenvalue weighted by molar-refractivity contribution is -0.120. The fourth-order valence-electron chi connectivity index (χ4n) is 3.46. The molecule has 2 aromatic heterocycles. The number of aryl methyl sites for hydroxylation is 3. The Balaban J connectivity index is 1.49. The molecule has 3 aromatic rings. The van der Waals surface area contributed by atoms with Crippen LogP contribution in [0.5, 0.6) is 0 Å². The predicted molar refractivity (Wildman–Crippen MR) is 115 cm³/mol. The number of carbonyl (C=O) groups is 1. The molecule has 2 heterocycles. The highest BCUT2D eigenvalue weighted by molar-refractivity contribution is 8.00. The van der Waals surface area contributed by atoms with Crippen molar-refractivity contribution in [3.05, 3.63) is 56.2 Å². The van der Waals surface area contributed by atoms with Crippen LogP contribution in [0.4, 0.5) is 0 Å². The quantitative estimate of drug-likeness (QED) is 0.513. The Kier molecular flexibility index (Phi) is 5.29. The molecule has 0 bridgehead atoms. The van der Waals surface area contributed by atoms with Crippen molar-refractivity contribution in [1.82, 2.24) is 14.9 Å². The molecule has 7 heteroatoms. The molecule has 0 fully saturated rings. The van der Waals surface area contributed by atoms with Gasteiger partial charge in [0, 0.05) is 18.5 Å². The lowest BCUT2D eigenvalue weighted by Gasteiger charge is -2.14. The van der Waals surface area contributed by atoms with Crippen LogP contribution >= 0.6 is 23.1 Å². The molecule has 0 aliphatic heterocycles. The first-order valence-corrected chi connectivity index (χ1v) is 11.1. The second-order valence-electron chi connectivity index (χ2n) is 7.26. The van der Waals surface area contributed by atoms with Crippen molar-refractivity contribution in [3.63, 3.8) is 0 Å². The molecule has 4 rings (SSSR count). The summed E-state index contributed by atoms with van der Waals surface area (Å²) in [6.07, 6.45) is 3.13. The molecule has 1 aromatic carbocycles. The summed E-state index contributed by atoms with van der Waals surface area (Å²) in [5, 5.41) is 4.00. The molecule has 5 nitrogen and oxygen atoms in total. The van der Waals surface area contributed by atoms with E-state index in [1.807, 2.05) is 38.1 Å². The van der Waals surface area contributed by atoms with Crippen LogP contribution in [0.25, 0.3) is 10.2 Å². The molecular weight excluding hydrogens is 390 g/mol. The fraction of sp³-hybridized carbons (Fsp3) is 0.381. The second kappa shape index (κ2) is 7.72. The van der Waals surface area contributed by atoms with Crippen LogP contribution in [0.3, 0.4) is 0 Å². The van der Waals surface area contributed by atoms with Crippen LogP contribution in [-0.4, -0.2) is 20.7 Å². The summed E-state index contributed by atoms with van der Waals surface area (Å²) >= 11 is 2.96. The standard InChI is InChI=1S/C21H23N3O2S2/c1-12-7-9-14(10-8-12)11-22-18(25)13(2)27-21-23-19-17(20(26)24(21)3)15-5-4-6-16(15)28-19/h7-10,13H,4-6,11H2,1-3H3,(H,22,25)/t13-/m1/s1. The highest BCUT2D eigenvalue weighted by atomic mass is 32.2. The van der Waals surface area contributed by atoms with Crippen LogP contribution in [0, 0.1) is 6.92 Å². The number of thiophene rings is 1. The van der Waals surface area contributed by atoms with Crippen molar-refractivity contribution < 1.29 is 4.79 Å². The van der Waals surface area contributed by atoms with Gasteiger partial charge in [-0.3, -0.25) is 14.2 Å². The molecular formula is C21H23N3O2S2. The van der Waals surface area contributed by atoms with Crippen LogP contribution < -0.4 is 10.9 Å². The van der Waals surface area contributed by atoms with Crippen molar-refractivity contribution in [2.75, 3.05) is 0 Å². The number of rotatable bonds is 5. The third-order valence-corrected chi connectivity index (χ3v) is 7.47. The Morgan fingerprint density at radius 3 is 2.82 bits per heavy atom. The Morgan fingerprint density at radius 1 is 1.32 bits per heavy atom. The number of amides is 1. The zero-order valence-electron chi connectivity index (χ0n) is 16.2. The third kappa shape index (κ3) is 3.61. The maximum absolute atomic E-state index is 12.9. The Labute approximate surface area is 172 Å². The van der Waals surface area contributed by atoms with Gasteiger partial charge in [0.15, 0.2) is 5.16 Å². The molecule has 0 saturated carbocycles. The first kappa shape index (κ1) is 19.2. The third-order valence-electron chi connectivity index (χ3n) is 5.14. The molecule has 1 aliphatic carbocycles. The maximum atomic E-state index is 12.9.